The molecule has 1 heterocycles. The smallest absolute Gasteiger partial charge is 0.265 e. The van der Waals surface area contributed by atoms with Gasteiger partial charge in [-0.3, -0.25) is 9.52 Å². The molecule has 1 amide bonds. The predicted molar refractivity (Wildman–Crippen MR) is 130 cm³/mol. The Bertz CT molecular complexity index is 1240. The average molecular weight is 485 g/mol. The molecule has 0 aliphatic rings. The first-order valence-electron chi connectivity index (χ1n) is 10.5. The van der Waals surface area contributed by atoms with E-state index in [1.165, 1.54) is 49.3 Å². The van der Waals surface area contributed by atoms with Crippen LogP contribution in [0.25, 0.3) is 0 Å². The van der Waals surface area contributed by atoms with E-state index in [1.54, 1.807) is 6.92 Å². The molecule has 0 spiro atoms. The van der Waals surface area contributed by atoms with Crippen molar-refractivity contribution in [3.63, 3.8) is 0 Å². The molecule has 1 atom stereocenters. The molecule has 0 fully saturated rings. The lowest BCUT2D eigenvalue weighted by atomic mass is 9.87. The number of benzene rings is 2. The highest BCUT2D eigenvalue weighted by Gasteiger charge is 2.19. The van der Waals surface area contributed by atoms with Gasteiger partial charge in [0.05, 0.1) is 12.0 Å². The lowest BCUT2D eigenvalue weighted by Crippen LogP contribution is -2.30. The normalized spacial score (nSPS) is 12.5. The maximum absolute atomic E-state index is 12.6. The number of amides is 1. The van der Waals surface area contributed by atoms with Gasteiger partial charge in [-0.15, -0.1) is 0 Å². The summed E-state index contributed by atoms with van der Waals surface area (Å²) in [4.78, 5) is 20.2. The standard InChI is InChI=1S/C24H28N4O5S/c1-16(33-19-10-6-17(7-11-19)24(2,3)4)23(29)27-18-8-12-20(13-9-18)34(30,31)28-21-14-22(32-5)26-15-25-21/h6-16H,1-5H3,(H,27,29)(H,25,26,28). The van der Waals surface area contributed by atoms with Gasteiger partial charge in [-0.25, -0.2) is 18.4 Å². The second-order valence-electron chi connectivity index (χ2n) is 8.60. The van der Waals surface area contributed by atoms with Crippen LogP contribution in [0.4, 0.5) is 11.5 Å². The summed E-state index contributed by atoms with van der Waals surface area (Å²) in [6, 6.07) is 14.8. The van der Waals surface area contributed by atoms with Crippen LogP contribution in [-0.2, 0) is 20.2 Å². The average Bonchev–Trinajstić information content (AvgIpc) is 2.79. The molecule has 1 unspecified atom stereocenters. The van der Waals surface area contributed by atoms with Crippen LogP contribution in [0, 0.1) is 0 Å². The fraction of sp³-hybridized carbons (Fsp3) is 0.292. The molecule has 9 nitrogen and oxygen atoms in total. The summed E-state index contributed by atoms with van der Waals surface area (Å²) in [5.74, 6) is 0.532. The van der Waals surface area contributed by atoms with Gasteiger partial charge in [0.2, 0.25) is 5.88 Å². The van der Waals surface area contributed by atoms with Crippen LogP contribution in [0.2, 0.25) is 0 Å². The number of hydrogen-bond acceptors (Lipinski definition) is 7. The molecule has 3 rings (SSSR count). The third kappa shape index (κ3) is 6.44. The van der Waals surface area contributed by atoms with Crippen molar-refractivity contribution < 1.29 is 22.7 Å². The maximum atomic E-state index is 12.6. The van der Waals surface area contributed by atoms with E-state index in [0.29, 0.717) is 11.4 Å². The third-order valence-corrected chi connectivity index (χ3v) is 6.30. The van der Waals surface area contributed by atoms with Gasteiger partial charge in [0.25, 0.3) is 15.9 Å². The number of sulfonamides is 1. The van der Waals surface area contributed by atoms with Crippen molar-refractivity contribution in [2.75, 3.05) is 17.1 Å². The molecule has 34 heavy (non-hydrogen) atoms. The number of methoxy groups -OCH3 is 1. The van der Waals surface area contributed by atoms with Crippen molar-refractivity contribution in [3.8, 4) is 11.6 Å². The van der Waals surface area contributed by atoms with Crippen LogP contribution < -0.4 is 19.5 Å². The molecule has 2 N–H and O–H groups in total. The van der Waals surface area contributed by atoms with Gasteiger partial charge < -0.3 is 14.8 Å². The Kier molecular flexibility index (Phi) is 7.41. The first kappa shape index (κ1) is 25.0. The Hall–Kier alpha value is -3.66. The highest BCUT2D eigenvalue weighted by atomic mass is 32.2. The van der Waals surface area contributed by atoms with Crippen molar-refractivity contribution in [2.24, 2.45) is 0 Å². The molecule has 0 radical (unpaired) electrons. The number of hydrogen-bond donors (Lipinski definition) is 2. The Morgan fingerprint density at radius 2 is 1.65 bits per heavy atom. The van der Waals surface area contributed by atoms with E-state index < -0.39 is 16.1 Å². The van der Waals surface area contributed by atoms with Gasteiger partial charge in [-0.1, -0.05) is 32.9 Å². The molecule has 0 aliphatic heterocycles. The van der Waals surface area contributed by atoms with Crippen molar-refractivity contribution in [1.82, 2.24) is 9.97 Å². The molecule has 10 heteroatoms. The Morgan fingerprint density at radius 1 is 1.00 bits per heavy atom. The van der Waals surface area contributed by atoms with Crippen molar-refractivity contribution in [2.45, 2.75) is 44.1 Å². The van der Waals surface area contributed by atoms with Gasteiger partial charge >= 0.3 is 0 Å². The van der Waals surface area contributed by atoms with Crippen LogP contribution in [0.5, 0.6) is 11.6 Å². The number of carbonyl (C=O) groups is 1. The number of anilines is 2. The zero-order chi connectivity index (χ0) is 24.9. The highest BCUT2D eigenvalue weighted by molar-refractivity contribution is 7.92. The van der Waals surface area contributed by atoms with Crippen LogP contribution >= 0.6 is 0 Å². The van der Waals surface area contributed by atoms with E-state index in [2.05, 4.69) is 40.8 Å². The third-order valence-electron chi connectivity index (χ3n) is 4.92. The number of aromatic nitrogens is 2. The number of carbonyl (C=O) groups excluding carboxylic acids is 1. The quantitative estimate of drug-likeness (QED) is 0.496. The fourth-order valence-electron chi connectivity index (χ4n) is 2.96. The maximum Gasteiger partial charge on any atom is 0.265 e. The van der Waals surface area contributed by atoms with Gasteiger partial charge in [-0.05, 0) is 54.3 Å². The van der Waals surface area contributed by atoms with Crippen molar-refractivity contribution in [1.29, 1.82) is 0 Å². The van der Waals surface area contributed by atoms with E-state index in [4.69, 9.17) is 9.47 Å². The van der Waals surface area contributed by atoms with Crippen molar-refractivity contribution >= 4 is 27.4 Å². The van der Waals surface area contributed by atoms with Crippen LogP contribution in [0.1, 0.15) is 33.3 Å². The molecule has 0 saturated carbocycles. The molecule has 180 valence electrons. The van der Waals surface area contributed by atoms with E-state index in [1.807, 2.05) is 24.3 Å². The number of nitrogens with one attached hydrogen (secondary N) is 2. The SMILES string of the molecule is COc1cc(NS(=O)(=O)c2ccc(NC(=O)C(C)Oc3ccc(C(C)(C)C)cc3)cc2)ncn1. The molecule has 0 bridgehead atoms. The zero-order valence-electron chi connectivity index (χ0n) is 19.7. The molecule has 1 aromatic heterocycles. The summed E-state index contributed by atoms with van der Waals surface area (Å²) in [6.45, 7) is 8.02. The summed E-state index contributed by atoms with van der Waals surface area (Å²) >= 11 is 0. The highest BCUT2D eigenvalue weighted by Crippen LogP contribution is 2.25. The topological polar surface area (TPSA) is 120 Å². The largest absolute Gasteiger partial charge is 0.481 e. The summed E-state index contributed by atoms with van der Waals surface area (Å²) in [7, 11) is -2.47. The summed E-state index contributed by atoms with van der Waals surface area (Å²) < 4.78 is 38.3. The summed E-state index contributed by atoms with van der Waals surface area (Å²) in [5, 5.41) is 2.72. The number of rotatable bonds is 8. The minimum Gasteiger partial charge on any atom is -0.481 e. The minimum atomic E-state index is -3.89. The first-order valence-corrected chi connectivity index (χ1v) is 12.0. The minimum absolute atomic E-state index is 0.00585. The molecule has 3 aromatic rings. The van der Waals surface area contributed by atoms with Gasteiger partial charge in [0, 0.05) is 11.8 Å². The van der Waals surface area contributed by atoms with Gasteiger partial charge in [-0.2, -0.15) is 0 Å². The molecular weight excluding hydrogens is 456 g/mol. The predicted octanol–water partition coefficient (Wildman–Crippen LogP) is 3.99. The van der Waals surface area contributed by atoms with Crippen LogP contribution in [0.3, 0.4) is 0 Å². The second kappa shape index (κ2) is 10.1. The van der Waals surface area contributed by atoms with Crippen LogP contribution in [-0.4, -0.2) is 37.5 Å². The van der Waals surface area contributed by atoms with E-state index in [-0.39, 0.29) is 27.9 Å². The van der Waals surface area contributed by atoms with Crippen LogP contribution in [0.15, 0.2) is 65.8 Å². The Balaban J connectivity index is 1.61. The van der Waals surface area contributed by atoms with E-state index in [0.717, 1.165) is 0 Å². The van der Waals surface area contributed by atoms with Gasteiger partial charge in [0.15, 0.2) is 6.10 Å². The molecular formula is C24H28N4O5S. The number of nitrogens with zero attached hydrogens (tertiary/aromatic N) is 2. The lowest BCUT2D eigenvalue weighted by Gasteiger charge is -2.20. The second-order valence-corrected chi connectivity index (χ2v) is 10.3. The Labute approximate surface area is 199 Å². The van der Waals surface area contributed by atoms with E-state index >= 15 is 0 Å². The summed E-state index contributed by atoms with van der Waals surface area (Å²) in [6.07, 6.45) is 0.440. The molecule has 0 aliphatic carbocycles. The monoisotopic (exact) mass is 484 g/mol. The molecule has 2 aromatic carbocycles. The lowest BCUT2D eigenvalue weighted by molar-refractivity contribution is -0.122. The summed E-state index contributed by atoms with van der Waals surface area (Å²) in [5.41, 5.74) is 1.63. The Morgan fingerprint density at radius 3 is 2.24 bits per heavy atom. The number of ether oxygens (including phenoxy) is 2. The molecule has 0 saturated heterocycles. The van der Waals surface area contributed by atoms with Crippen molar-refractivity contribution in [3.05, 3.63) is 66.5 Å². The fourth-order valence-corrected chi connectivity index (χ4v) is 3.96. The van der Waals surface area contributed by atoms with E-state index in [9.17, 15) is 13.2 Å². The zero-order valence-corrected chi connectivity index (χ0v) is 20.5. The first-order chi connectivity index (χ1) is 16.0. The van der Waals surface area contributed by atoms with Gasteiger partial charge in [0.1, 0.15) is 17.9 Å².